The van der Waals surface area contributed by atoms with Crippen molar-refractivity contribution in [1.82, 2.24) is 9.88 Å². The highest BCUT2D eigenvalue weighted by atomic mass is 19.1. The average molecular weight is 208 g/mol. The first-order valence-electron chi connectivity index (χ1n) is 5.04. The molecule has 1 aliphatic carbocycles. The second kappa shape index (κ2) is 3.96. The third-order valence-electron chi connectivity index (χ3n) is 2.55. The van der Waals surface area contributed by atoms with E-state index in [0.717, 1.165) is 6.54 Å². The van der Waals surface area contributed by atoms with Gasteiger partial charge in [-0.05, 0) is 30.9 Å². The summed E-state index contributed by atoms with van der Waals surface area (Å²) in [5.41, 5.74) is 0.444. The fraction of sp³-hybridized carbons (Fsp3) is 0.455. The van der Waals surface area contributed by atoms with Crippen LogP contribution in [0.1, 0.15) is 23.2 Å². The largest absolute Gasteiger partial charge is 0.341 e. The van der Waals surface area contributed by atoms with E-state index in [1.165, 1.54) is 31.2 Å². The van der Waals surface area contributed by atoms with Gasteiger partial charge in [-0.1, -0.05) is 0 Å². The highest BCUT2D eigenvalue weighted by Crippen LogP contribution is 2.29. The highest BCUT2D eigenvalue weighted by molar-refractivity contribution is 5.93. The van der Waals surface area contributed by atoms with Gasteiger partial charge in [-0.25, -0.2) is 4.98 Å². The summed E-state index contributed by atoms with van der Waals surface area (Å²) in [4.78, 5) is 16.9. The van der Waals surface area contributed by atoms with Crippen LogP contribution in [0.4, 0.5) is 4.39 Å². The molecule has 1 saturated carbocycles. The molecule has 15 heavy (non-hydrogen) atoms. The van der Waals surface area contributed by atoms with Crippen LogP contribution in [0, 0.1) is 11.9 Å². The van der Waals surface area contributed by atoms with E-state index < -0.39 is 5.95 Å². The van der Waals surface area contributed by atoms with Gasteiger partial charge >= 0.3 is 0 Å². The summed E-state index contributed by atoms with van der Waals surface area (Å²) in [6.45, 7) is 0.788. The van der Waals surface area contributed by atoms with E-state index in [1.54, 1.807) is 11.9 Å². The van der Waals surface area contributed by atoms with E-state index in [1.807, 2.05) is 0 Å². The van der Waals surface area contributed by atoms with Gasteiger partial charge in [0.1, 0.15) is 0 Å². The van der Waals surface area contributed by atoms with Crippen molar-refractivity contribution < 1.29 is 9.18 Å². The Labute approximate surface area is 87.9 Å². The molecule has 1 aromatic rings. The molecule has 0 unspecified atom stereocenters. The number of carbonyl (C=O) groups is 1. The first-order valence-corrected chi connectivity index (χ1v) is 5.04. The molecule has 0 spiro atoms. The lowest BCUT2D eigenvalue weighted by Crippen LogP contribution is -2.28. The van der Waals surface area contributed by atoms with Crippen LogP contribution in [-0.2, 0) is 0 Å². The lowest BCUT2D eigenvalue weighted by molar-refractivity contribution is 0.0788. The fourth-order valence-corrected chi connectivity index (χ4v) is 1.49. The quantitative estimate of drug-likeness (QED) is 0.708. The molecule has 0 atom stereocenters. The van der Waals surface area contributed by atoms with Crippen molar-refractivity contribution in [3.05, 3.63) is 29.8 Å². The van der Waals surface area contributed by atoms with Crippen molar-refractivity contribution in [2.24, 2.45) is 5.92 Å². The van der Waals surface area contributed by atoms with Gasteiger partial charge in [0.05, 0.1) is 5.56 Å². The third-order valence-corrected chi connectivity index (χ3v) is 2.55. The summed E-state index contributed by atoms with van der Waals surface area (Å²) >= 11 is 0. The number of hydrogen-bond acceptors (Lipinski definition) is 2. The van der Waals surface area contributed by atoms with Crippen LogP contribution in [0.5, 0.6) is 0 Å². The minimum Gasteiger partial charge on any atom is -0.341 e. The van der Waals surface area contributed by atoms with Crippen molar-refractivity contribution >= 4 is 5.91 Å². The molecule has 1 heterocycles. The predicted molar refractivity (Wildman–Crippen MR) is 53.9 cm³/mol. The van der Waals surface area contributed by atoms with E-state index >= 15 is 0 Å². The van der Waals surface area contributed by atoms with Crippen molar-refractivity contribution in [1.29, 1.82) is 0 Å². The van der Waals surface area contributed by atoms with Crippen LogP contribution >= 0.6 is 0 Å². The Morgan fingerprint density at radius 2 is 2.33 bits per heavy atom. The number of hydrogen-bond donors (Lipinski definition) is 0. The molecule has 1 aliphatic rings. The Balaban J connectivity index is 2.02. The van der Waals surface area contributed by atoms with Crippen molar-refractivity contribution in [3.63, 3.8) is 0 Å². The number of rotatable bonds is 3. The van der Waals surface area contributed by atoms with Crippen LogP contribution in [0.15, 0.2) is 18.3 Å². The topological polar surface area (TPSA) is 33.2 Å². The molecule has 1 aromatic heterocycles. The number of halogens is 1. The first kappa shape index (κ1) is 10.1. The second-order valence-corrected chi connectivity index (χ2v) is 4.00. The molecular formula is C11H13FN2O. The summed E-state index contributed by atoms with van der Waals surface area (Å²) in [5.74, 6) is 0.0122. The SMILES string of the molecule is CN(CC1CC1)C(=O)c1ccc(F)nc1. The highest BCUT2D eigenvalue weighted by Gasteiger charge is 2.25. The molecule has 0 N–H and O–H groups in total. The average Bonchev–Trinajstić information content (AvgIpc) is 3.02. The molecule has 3 nitrogen and oxygen atoms in total. The van der Waals surface area contributed by atoms with Crippen LogP contribution in [0.3, 0.4) is 0 Å². The maximum Gasteiger partial charge on any atom is 0.255 e. The Kier molecular flexibility index (Phi) is 2.66. The van der Waals surface area contributed by atoms with Gasteiger partial charge in [0, 0.05) is 19.8 Å². The van der Waals surface area contributed by atoms with E-state index in [-0.39, 0.29) is 5.91 Å². The molecule has 0 bridgehead atoms. The zero-order valence-electron chi connectivity index (χ0n) is 8.61. The minimum absolute atomic E-state index is 0.0885. The monoisotopic (exact) mass is 208 g/mol. The van der Waals surface area contributed by atoms with Gasteiger partial charge in [0.25, 0.3) is 5.91 Å². The minimum atomic E-state index is -0.559. The van der Waals surface area contributed by atoms with Gasteiger partial charge in [-0.3, -0.25) is 4.79 Å². The molecule has 1 amide bonds. The smallest absolute Gasteiger partial charge is 0.255 e. The van der Waals surface area contributed by atoms with E-state index in [0.29, 0.717) is 11.5 Å². The summed E-state index contributed by atoms with van der Waals surface area (Å²) < 4.78 is 12.5. The molecule has 0 aromatic carbocycles. The Morgan fingerprint density at radius 1 is 1.60 bits per heavy atom. The summed E-state index contributed by atoms with van der Waals surface area (Å²) in [6, 6.07) is 2.67. The van der Waals surface area contributed by atoms with Crippen molar-refractivity contribution in [3.8, 4) is 0 Å². The zero-order chi connectivity index (χ0) is 10.8. The van der Waals surface area contributed by atoms with E-state index in [4.69, 9.17) is 0 Å². The van der Waals surface area contributed by atoms with Crippen LogP contribution in [0.2, 0.25) is 0 Å². The Bertz CT molecular complexity index is 359. The Morgan fingerprint density at radius 3 is 2.87 bits per heavy atom. The molecular weight excluding hydrogens is 195 g/mol. The number of pyridine rings is 1. The Hall–Kier alpha value is -1.45. The molecule has 2 rings (SSSR count). The number of amides is 1. The lowest BCUT2D eigenvalue weighted by Gasteiger charge is -2.16. The van der Waals surface area contributed by atoms with Gasteiger partial charge in [0.2, 0.25) is 5.95 Å². The van der Waals surface area contributed by atoms with Crippen LogP contribution in [0.25, 0.3) is 0 Å². The lowest BCUT2D eigenvalue weighted by atomic mass is 10.2. The summed E-state index contributed by atoms with van der Waals surface area (Å²) in [7, 11) is 1.77. The zero-order valence-corrected chi connectivity index (χ0v) is 8.61. The van der Waals surface area contributed by atoms with Crippen LogP contribution in [-0.4, -0.2) is 29.4 Å². The first-order chi connectivity index (χ1) is 7.16. The maximum atomic E-state index is 12.5. The molecule has 4 heteroatoms. The standard InChI is InChI=1S/C11H13FN2O/c1-14(7-8-2-3-8)11(15)9-4-5-10(12)13-6-9/h4-6,8H,2-3,7H2,1H3. The summed E-state index contributed by atoms with van der Waals surface area (Å²) in [5, 5.41) is 0. The number of nitrogens with zero attached hydrogens (tertiary/aromatic N) is 2. The van der Waals surface area contributed by atoms with Gasteiger partial charge in [-0.2, -0.15) is 4.39 Å². The molecule has 1 fully saturated rings. The molecule has 0 radical (unpaired) electrons. The predicted octanol–water partition coefficient (Wildman–Crippen LogP) is 1.70. The van der Waals surface area contributed by atoms with Crippen LogP contribution < -0.4 is 0 Å². The van der Waals surface area contributed by atoms with Crippen molar-refractivity contribution in [2.45, 2.75) is 12.8 Å². The third kappa shape index (κ3) is 2.52. The van der Waals surface area contributed by atoms with E-state index in [9.17, 15) is 9.18 Å². The van der Waals surface area contributed by atoms with Gasteiger partial charge in [-0.15, -0.1) is 0 Å². The normalized spacial score (nSPS) is 15.1. The molecule has 0 saturated heterocycles. The molecule has 80 valence electrons. The molecule has 0 aliphatic heterocycles. The van der Waals surface area contributed by atoms with Crippen molar-refractivity contribution in [2.75, 3.05) is 13.6 Å². The number of aromatic nitrogens is 1. The van der Waals surface area contributed by atoms with Gasteiger partial charge < -0.3 is 4.90 Å². The van der Waals surface area contributed by atoms with E-state index in [2.05, 4.69) is 4.98 Å². The van der Waals surface area contributed by atoms with Gasteiger partial charge in [0.15, 0.2) is 0 Å². The number of carbonyl (C=O) groups excluding carboxylic acids is 1. The summed E-state index contributed by atoms with van der Waals surface area (Å²) in [6.07, 6.45) is 3.69. The fourth-order valence-electron chi connectivity index (χ4n) is 1.49. The second-order valence-electron chi connectivity index (χ2n) is 4.00. The maximum absolute atomic E-state index is 12.5.